The van der Waals surface area contributed by atoms with Crippen molar-refractivity contribution in [3.05, 3.63) is 75.7 Å². The van der Waals surface area contributed by atoms with Crippen molar-refractivity contribution in [2.24, 2.45) is 0 Å². The zero-order valence-corrected chi connectivity index (χ0v) is 13.5. The quantitative estimate of drug-likeness (QED) is 0.513. The molecule has 0 bridgehead atoms. The van der Waals surface area contributed by atoms with Gasteiger partial charge in [0.25, 0.3) is 0 Å². The Morgan fingerprint density at radius 2 is 1.78 bits per heavy atom. The van der Waals surface area contributed by atoms with Crippen LogP contribution in [0.15, 0.2) is 60.2 Å². The fourth-order valence-electron chi connectivity index (χ4n) is 2.07. The van der Waals surface area contributed by atoms with Gasteiger partial charge in [-0.1, -0.05) is 11.6 Å². The number of esters is 1. The molecular formula is C17H12ClNO3S. The van der Waals surface area contributed by atoms with E-state index in [1.54, 1.807) is 24.3 Å². The maximum absolute atomic E-state index is 12.2. The molecule has 0 aliphatic carbocycles. The van der Waals surface area contributed by atoms with Crippen LogP contribution < -0.4 is 0 Å². The number of ether oxygens (including phenoxy) is 1. The average molecular weight is 346 g/mol. The summed E-state index contributed by atoms with van der Waals surface area (Å²) in [4.78, 5) is 24.7. The summed E-state index contributed by atoms with van der Waals surface area (Å²) >= 11 is 7.06. The molecule has 0 aliphatic heterocycles. The minimum absolute atomic E-state index is 0.269. The number of hydrogen-bond acceptors (Lipinski definition) is 4. The molecule has 6 heteroatoms. The van der Waals surface area contributed by atoms with Crippen LogP contribution in [-0.4, -0.2) is 22.9 Å². The highest BCUT2D eigenvalue weighted by atomic mass is 35.5. The van der Waals surface area contributed by atoms with Crippen molar-refractivity contribution < 1.29 is 14.3 Å². The summed E-state index contributed by atoms with van der Waals surface area (Å²) < 4.78 is 6.97. The van der Waals surface area contributed by atoms with Gasteiger partial charge < -0.3 is 9.30 Å². The average Bonchev–Trinajstić information content (AvgIpc) is 3.23. The number of rotatable bonds is 5. The van der Waals surface area contributed by atoms with Crippen LogP contribution in [0.2, 0.25) is 5.02 Å². The van der Waals surface area contributed by atoms with Crippen LogP contribution in [0.25, 0.3) is 5.69 Å². The van der Waals surface area contributed by atoms with Crippen molar-refractivity contribution in [3.63, 3.8) is 0 Å². The van der Waals surface area contributed by atoms with Crippen molar-refractivity contribution in [2.75, 3.05) is 6.61 Å². The van der Waals surface area contributed by atoms with Gasteiger partial charge in [0.1, 0.15) is 4.88 Å². The Morgan fingerprint density at radius 3 is 2.48 bits per heavy atom. The van der Waals surface area contributed by atoms with Crippen LogP contribution in [0, 0.1) is 0 Å². The van der Waals surface area contributed by atoms with E-state index < -0.39 is 5.97 Å². The maximum Gasteiger partial charge on any atom is 0.350 e. The van der Waals surface area contributed by atoms with Crippen molar-refractivity contribution in [1.29, 1.82) is 0 Å². The van der Waals surface area contributed by atoms with E-state index in [-0.39, 0.29) is 12.4 Å². The van der Waals surface area contributed by atoms with E-state index in [2.05, 4.69) is 0 Å². The lowest BCUT2D eigenvalue weighted by atomic mass is 10.1. The molecule has 3 aromatic rings. The Bertz CT molecular complexity index is 822. The van der Waals surface area contributed by atoms with E-state index in [0.717, 1.165) is 5.69 Å². The van der Waals surface area contributed by atoms with Gasteiger partial charge in [-0.15, -0.1) is 11.3 Å². The number of ketones is 1. The molecule has 3 rings (SSSR count). The van der Waals surface area contributed by atoms with E-state index in [0.29, 0.717) is 15.5 Å². The topological polar surface area (TPSA) is 48.3 Å². The molecular weight excluding hydrogens is 334 g/mol. The zero-order valence-electron chi connectivity index (χ0n) is 11.9. The van der Waals surface area contributed by atoms with E-state index in [9.17, 15) is 9.59 Å². The molecule has 2 aromatic heterocycles. The highest BCUT2D eigenvalue weighted by Crippen LogP contribution is 2.22. The van der Waals surface area contributed by atoms with Gasteiger partial charge in [-0.05, 0) is 47.8 Å². The number of Topliss-reactive ketones (excluding diaryl/α,β-unsaturated/α-hetero) is 1. The second-order valence-electron chi connectivity index (χ2n) is 4.73. The summed E-state index contributed by atoms with van der Waals surface area (Å²) in [6.45, 7) is -0.302. The van der Waals surface area contributed by atoms with Crippen LogP contribution in [0.3, 0.4) is 0 Å². The minimum Gasteiger partial charge on any atom is -0.453 e. The SMILES string of the molecule is O=C(COC(=O)c1sccc1-n1cccc1)c1ccc(Cl)cc1. The number of carbonyl (C=O) groups is 2. The molecule has 0 saturated heterocycles. The summed E-state index contributed by atoms with van der Waals surface area (Å²) in [7, 11) is 0. The normalized spacial score (nSPS) is 10.5. The standard InChI is InChI=1S/C17H12ClNO3S/c18-13-5-3-12(4-6-13)15(20)11-22-17(21)16-14(7-10-23-16)19-8-1-2-9-19/h1-10H,11H2. The summed E-state index contributed by atoms with van der Waals surface area (Å²) in [6, 6.07) is 12.0. The van der Waals surface area contributed by atoms with E-state index in [1.807, 2.05) is 40.5 Å². The lowest BCUT2D eigenvalue weighted by Gasteiger charge is -2.06. The molecule has 0 N–H and O–H groups in total. The van der Waals surface area contributed by atoms with Gasteiger partial charge in [-0.3, -0.25) is 4.79 Å². The molecule has 1 aromatic carbocycles. The molecule has 0 saturated carbocycles. The van der Waals surface area contributed by atoms with Gasteiger partial charge in [-0.25, -0.2) is 4.79 Å². The Labute approximate surface area is 141 Å². The lowest BCUT2D eigenvalue weighted by Crippen LogP contribution is -2.14. The smallest absolute Gasteiger partial charge is 0.350 e. The van der Waals surface area contributed by atoms with E-state index in [1.165, 1.54) is 11.3 Å². The van der Waals surface area contributed by atoms with Crippen molar-refractivity contribution in [1.82, 2.24) is 4.57 Å². The number of halogens is 1. The van der Waals surface area contributed by atoms with Crippen LogP contribution in [0.5, 0.6) is 0 Å². The summed E-state index contributed by atoms with van der Waals surface area (Å²) in [5.41, 5.74) is 1.20. The summed E-state index contributed by atoms with van der Waals surface area (Å²) in [5, 5.41) is 2.36. The molecule has 0 radical (unpaired) electrons. The van der Waals surface area contributed by atoms with Crippen LogP contribution in [0.4, 0.5) is 0 Å². The van der Waals surface area contributed by atoms with Gasteiger partial charge in [0.2, 0.25) is 0 Å². The number of thiophene rings is 1. The molecule has 116 valence electrons. The Kier molecular flexibility index (Phi) is 4.60. The first kappa shape index (κ1) is 15.5. The molecule has 0 spiro atoms. The molecule has 0 unspecified atom stereocenters. The number of hydrogen-bond donors (Lipinski definition) is 0. The van der Waals surface area contributed by atoms with Crippen LogP contribution in [0.1, 0.15) is 20.0 Å². The molecule has 23 heavy (non-hydrogen) atoms. The molecule has 0 aliphatic rings. The first-order valence-corrected chi connectivity index (χ1v) is 8.07. The van der Waals surface area contributed by atoms with Gasteiger partial charge in [0.15, 0.2) is 12.4 Å². The number of aromatic nitrogens is 1. The van der Waals surface area contributed by atoms with Crippen molar-refractivity contribution in [2.45, 2.75) is 0 Å². The second kappa shape index (κ2) is 6.81. The molecule has 2 heterocycles. The third-order valence-corrected chi connectivity index (χ3v) is 4.35. The third-order valence-electron chi connectivity index (χ3n) is 3.21. The predicted molar refractivity (Wildman–Crippen MR) is 89.7 cm³/mol. The highest BCUT2D eigenvalue weighted by molar-refractivity contribution is 7.12. The maximum atomic E-state index is 12.2. The Morgan fingerprint density at radius 1 is 1.09 bits per heavy atom. The van der Waals surface area contributed by atoms with Gasteiger partial charge in [0, 0.05) is 23.0 Å². The summed E-state index contributed by atoms with van der Waals surface area (Å²) in [6.07, 6.45) is 3.69. The fraction of sp³-hybridized carbons (Fsp3) is 0.0588. The Balaban J connectivity index is 1.67. The third kappa shape index (κ3) is 3.52. The fourth-order valence-corrected chi connectivity index (χ4v) is 2.98. The molecule has 0 amide bonds. The second-order valence-corrected chi connectivity index (χ2v) is 6.08. The van der Waals surface area contributed by atoms with Crippen LogP contribution >= 0.6 is 22.9 Å². The predicted octanol–water partition coefficient (Wildman–Crippen LogP) is 4.23. The number of benzene rings is 1. The van der Waals surface area contributed by atoms with E-state index >= 15 is 0 Å². The molecule has 0 atom stereocenters. The van der Waals surface area contributed by atoms with Gasteiger partial charge >= 0.3 is 5.97 Å². The largest absolute Gasteiger partial charge is 0.453 e. The summed E-state index contributed by atoms with van der Waals surface area (Å²) in [5.74, 6) is -0.778. The van der Waals surface area contributed by atoms with E-state index in [4.69, 9.17) is 16.3 Å². The minimum atomic E-state index is -0.508. The first-order valence-electron chi connectivity index (χ1n) is 6.82. The zero-order chi connectivity index (χ0) is 16.2. The monoisotopic (exact) mass is 345 g/mol. The van der Waals surface area contributed by atoms with Gasteiger partial charge in [0.05, 0.1) is 5.69 Å². The van der Waals surface area contributed by atoms with Crippen LogP contribution in [-0.2, 0) is 4.74 Å². The van der Waals surface area contributed by atoms with Crippen molar-refractivity contribution in [3.8, 4) is 5.69 Å². The molecule has 0 fully saturated rings. The van der Waals surface area contributed by atoms with Crippen molar-refractivity contribution >= 4 is 34.7 Å². The molecule has 4 nitrogen and oxygen atoms in total. The lowest BCUT2D eigenvalue weighted by molar-refractivity contribution is 0.0479. The van der Waals surface area contributed by atoms with Gasteiger partial charge in [-0.2, -0.15) is 0 Å². The number of carbonyl (C=O) groups excluding carboxylic acids is 2. The Hall–Kier alpha value is -2.37. The first-order chi connectivity index (χ1) is 11.1. The number of nitrogens with zero attached hydrogens (tertiary/aromatic N) is 1. The highest BCUT2D eigenvalue weighted by Gasteiger charge is 2.17.